The van der Waals surface area contributed by atoms with Crippen molar-refractivity contribution in [3.63, 3.8) is 0 Å². The fraction of sp³-hybridized carbons (Fsp3) is 0.192. The Kier molecular flexibility index (Phi) is 6.67. The largest absolute Gasteiger partial charge is 0.497 e. The van der Waals surface area contributed by atoms with Crippen LogP contribution in [0.4, 0.5) is 14.5 Å². The minimum Gasteiger partial charge on any atom is -0.497 e. The zero-order chi connectivity index (χ0) is 24.2. The van der Waals surface area contributed by atoms with Gasteiger partial charge in [0.2, 0.25) is 5.91 Å². The normalized spacial score (nSPS) is 15.5. The minimum atomic E-state index is -1.06. The first-order valence-corrected chi connectivity index (χ1v) is 10.7. The van der Waals surface area contributed by atoms with Crippen LogP contribution in [-0.2, 0) is 16.0 Å². The van der Waals surface area contributed by atoms with E-state index in [1.165, 1.54) is 35.2 Å². The first-order chi connectivity index (χ1) is 16.4. The summed E-state index contributed by atoms with van der Waals surface area (Å²) in [7, 11) is 1.56. The number of amides is 3. The van der Waals surface area contributed by atoms with Crippen molar-refractivity contribution in [2.24, 2.45) is 0 Å². The topological polar surface area (TPSA) is 66.9 Å². The van der Waals surface area contributed by atoms with Crippen molar-refractivity contribution in [1.82, 2.24) is 4.90 Å². The van der Waals surface area contributed by atoms with E-state index >= 15 is 0 Å². The van der Waals surface area contributed by atoms with Gasteiger partial charge in [-0.3, -0.25) is 14.4 Å². The van der Waals surface area contributed by atoms with Crippen molar-refractivity contribution in [1.29, 1.82) is 0 Å². The maximum atomic E-state index is 13.8. The quantitative estimate of drug-likeness (QED) is 0.496. The molecule has 3 aromatic carbocycles. The fourth-order valence-corrected chi connectivity index (χ4v) is 3.95. The molecule has 3 amide bonds. The molecular weight excluding hydrogens is 442 g/mol. The predicted molar refractivity (Wildman–Crippen MR) is 121 cm³/mol. The predicted octanol–water partition coefficient (Wildman–Crippen LogP) is 3.99. The van der Waals surface area contributed by atoms with Crippen molar-refractivity contribution in [3.8, 4) is 5.75 Å². The zero-order valence-electron chi connectivity index (χ0n) is 18.4. The molecule has 1 unspecified atom stereocenters. The molecule has 1 heterocycles. The number of ether oxygens (including phenoxy) is 1. The van der Waals surface area contributed by atoms with Crippen LogP contribution in [0.3, 0.4) is 0 Å². The van der Waals surface area contributed by atoms with Gasteiger partial charge < -0.3 is 9.64 Å². The minimum absolute atomic E-state index is 0.0789. The second-order valence-corrected chi connectivity index (χ2v) is 7.87. The first-order valence-electron chi connectivity index (χ1n) is 10.7. The monoisotopic (exact) mass is 464 g/mol. The molecule has 1 aliphatic rings. The number of imide groups is 1. The number of hydrogen-bond acceptors (Lipinski definition) is 4. The van der Waals surface area contributed by atoms with E-state index in [9.17, 15) is 23.2 Å². The lowest BCUT2D eigenvalue weighted by Crippen LogP contribution is -2.46. The van der Waals surface area contributed by atoms with Crippen LogP contribution in [0.1, 0.15) is 22.3 Å². The Morgan fingerprint density at radius 1 is 1.00 bits per heavy atom. The van der Waals surface area contributed by atoms with Gasteiger partial charge in [-0.15, -0.1) is 0 Å². The Morgan fingerprint density at radius 3 is 2.35 bits per heavy atom. The molecule has 0 saturated carbocycles. The van der Waals surface area contributed by atoms with E-state index in [1.807, 2.05) is 12.1 Å². The molecule has 1 saturated heterocycles. The molecule has 0 radical (unpaired) electrons. The van der Waals surface area contributed by atoms with Crippen LogP contribution in [0.5, 0.6) is 5.75 Å². The number of benzene rings is 3. The number of carbonyl (C=O) groups is 3. The molecule has 0 aliphatic carbocycles. The summed E-state index contributed by atoms with van der Waals surface area (Å²) in [5.41, 5.74) is 1.20. The van der Waals surface area contributed by atoms with Gasteiger partial charge in [0.05, 0.1) is 19.2 Å². The maximum absolute atomic E-state index is 13.8. The summed E-state index contributed by atoms with van der Waals surface area (Å²) in [6.45, 7) is 0.128. The highest BCUT2D eigenvalue weighted by Crippen LogP contribution is 2.27. The number of methoxy groups -OCH3 is 1. The van der Waals surface area contributed by atoms with Gasteiger partial charge in [-0.05, 0) is 66.6 Å². The summed E-state index contributed by atoms with van der Waals surface area (Å²) >= 11 is 0. The Labute approximate surface area is 195 Å². The van der Waals surface area contributed by atoms with Gasteiger partial charge in [0.25, 0.3) is 11.8 Å². The lowest BCUT2D eigenvalue weighted by molar-refractivity contribution is -0.122. The van der Waals surface area contributed by atoms with E-state index in [4.69, 9.17) is 4.74 Å². The van der Waals surface area contributed by atoms with Crippen LogP contribution in [0.15, 0.2) is 72.8 Å². The number of halogens is 2. The molecule has 1 fully saturated rings. The van der Waals surface area contributed by atoms with Crippen LogP contribution in [0.25, 0.3) is 0 Å². The van der Waals surface area contributed by atoms with E-state index in [0.717, 1.165) is 28.7 Å². The fourth-order valence-electron chi connectivity index (χ4n) is 3.95. The van der Waals surface area contributed by atoms with E-state index in [0.29, 0.717) is 12.2 Å². The smallest absolute Gasteiger partial charge is 0.257 e. The maximum Gasteiger partial charge on any atom is 0.257 e. The highest BCUT2D eigenvalue weighted by molar-refractivity contribution is 6.23. The van der Waals surface area contributed by atoms with Crippen LogP contribution in [-0.4, -0.2) is 42.3 Å². The summed E-state index contributed by atoms with van der Waals surface area (Å²) in [6, 6.07) is 16.4. The van der Waals surface area contributed by atoms with E-state index in [-0.39, 0.29) is 24.2 Å². The van der Waals surface area contributed by atoms with Crippen LogP contribution in [0, 0.1) is 11.6 Å². The molecule has 4 rings (SSSR count). The van der Waals surface area contributed by atoms with Gasteiger partial charge in [0.1, 0.15) is 23.4 Å². The summed E-state index contributed by atoms with van der Waals surface area (Å²) in [5, 5.41) is 0. The highest BCUT2D eigenvalue weighted by Gasteiger charge is 2.44. The number of rotatable bonds is 7. The average Bonchev–Trinajstić information content (AvgIpc) is 3.13. The number of carbonyl (C=O) groups excluding carboxylic acids is 3. The molecule has 34 heavy (non-hydrogen) atoms. The van der Waals surface area contributed by atoms with Gasteiger partial charge in [-0.1, -0.05) is 18.2 Å². The van der Waals surface area contributed by atoms with E-state index in [1.54, 1.807) is 19.2 Å². The zero-order valence-corrected chi connectivity index (χ0v) is 18.4. The molecule has 1 atom stereocenters. The Morgan fingerprint density at radius 2 is 1.71 bits per heavy atom. The lowest BCUT2D eigenvalue weighted by atomic mass is 10.1. The molecule has 1 aliphatic heterocycles. The van der Waals surface area contributed by atoms with E-state index in [2.05, 4.69) is 0 Å². The van der Waals surface area contributed by atoms with Gasteiger partial charge in [-0.2, -0.15) is 0 Å². The Bertz CT molecular complexity index is 1210. The van der Waals surface area contributed by atoms with Crippen molar-refractivity contribution < 1.29 is 27.9 Å². The third-order valence-electron chi connectivity index (χ3n) is 5.72. The standard InChI is InChI=1S/C26H22F2N2O4/c1-34-22-11-5-17(6-12-22)13-14-29(25(32)18-3-2-4-20(28)15-18)23-16-24(31)30(26(23)33)21-9-7-19(27)8-10-21/h2-12,15,23H,13-14,16H2,1H3. The molecule has 0 aromatic heterocycles. The molecule has 0 bridgehead atoms. The van der Waals surface area contributed by atoms with Crippen molar-refractivity contribution in [2.75, 3.05) is 18.6 Å². The molecule has 174 valence electrons. The van der Waals surface area contributed by atoms with Crippen molar-refractivity contribution in [2.45, 2.75) is 18.9 Å². The van der Waals surface area contributed by atoms with Crippen LogP contribution in [0.2, 0.25) is 0 Å². The number of nitrogens with zero attached hydrogens (tertiary/aromatic N) is 2. The third-order valence-corrected chi connectivity index (χ3v) is 5.72. The van der Waals surface area contributed by atoms with Crippen LogP contribution < -0.4 is 9.64 Å². The number of hydrogen-bond donors (Lipinski definition) is 0. The summed E-state index contributed by atoms with van der Waals surface area (Å²) in [5.74, 6) is -2.04. The van der Waals surface area contributed by atoms with Gasteiger partial charge in [0, 0.05) is 12.1 Å². The molecular formula is C26H22F2N2O4. The molecule has 0 spiro atoms. The third kappa shape index (κ3) is 4.80. The summed E-state index contributed by atoms with van der Waals surface area (Å²) in [6.07, 6.45) is 0.180. The first kappa shape index (κ1) is 23.1. The average molecular weight is 464 g/mol. The second-order valence-electron chi connectivity index (χ2n) is 7.87. The second kappa shape index (κ2) is 9.82. The van der Waals surface area contributed by atoms with E-state index < -0.39 is 35.4 Å². The van der Waals surface area contributed by atoms with Gasteiger partial charge in [-0.25, -0.2) is 13.7 Å². The SMILES string of the molecule is COc1ccc(CCN(C(=O)c2cccc(F)c2)C2CC(=O)N(c3ccc(F)cc3)C2=O)cc1. The molecule has 0 N–H and O–H groups in total. The van der Waals surface area contributed by atoms with Crippen molar-refractivity contribution in [3.05, 3.63) is 95.6 Å². The lowest BCUT2D eigenvalue weighted by Gasteiger charge is -2.28. The van der Waals surface area contributed by atoms with Crippen LogP contribution >= 0.6 is 0 Å². The number of anilines is 1. The highest BCUT2D eigenvalue weighted by atomic mass is 19.1. The Hall–Kier alpha value is -4.07. The molecule has 6 nitrogen and oxygen atoms in total. The van der Waals surface area contributed by atoms with Crippen molar-refractivity contribution >= 4 is 23.4 Å². The summed E-state index contributed by atoms with van der Waals surface area (Å²) in [4.78, 5) is 41.6. The van der Waals surface area contributed by atoms with Gasteiger partial charge >= 0.3 is 0 Å². The molecule has 8 heteroatoms. The molecule has 3 aromatic rings. The summed E-state index contributed by atoms with van der Waals surface area (Å²) < 4.78 is 32.3. The Balaban J connectivity index is 1.62. The van der Waals surface area contributed by atoms with Gasteiger partial charge in [0.15, 0.2) is 0 Å².